The summed E-state index contributed by atoms with van der Waals surface area (Å²) in [5, 5.41) is 2.67. The Morgan fingerprint density at radius 3 is 2.46 bits per heavy atom. The number of benzene rings is 1. The summed E-state index contributed by atoms with van der Waals surface area (Å²) in [5.41, 5.74) is 1.80. The summed E-state index contributed by atoms with van der Waals surface area (Å²) in [6.07, 6.45) is 6.14. The number of rotatable bonds is 6. The highest BCUT2D eigenvalue weighted by Crippen LogP contribution is 2.27. The van der Waals surface area contributed by atoms with Crippen LogP contribution in [0.3, 0.4) is 0 Å². The molecule has 2 aliphatic rings. The molecule has 1 aromatic carbocycles. The summed E-state index contributed by atoms with van der Waals surface area (Å²) in [6, 6.07) is 7.64. The largest absolute Gasteiger partial charge is 0.371 e. The highest BCUT2D eigenvalue weighted by molar-refractivity contribution is 5.79. The Kier molecular flexibility index (Phi) is 7.06. The van der Waals surface area contributed by atoms with E-state index in [-0.39, 0.29) is 11.8 Å². The van der Waals surface area contributed by atoms with Crippen LogP contribution in [0.1, 0.15) is 48.9 Å². The molecule has 0 saturated carbocycles. The van der Waals surface area contributed by atoms with Crippen LogP contribution in [0.2, 0.25) is 0 Å². The molecule has 0 bridgehead atoms. The van der Waals surface area contributed by atoms with Crippen molar-refractivity contribution in [3.05, 3.63) is 29.8 Å². The number of aldehydes is 1. The zero-order valence-electron chi connectivity index (χ0n) is 16.7. The van der Waals surface area contributed by atoms with E-state index in [0.29, 0.717) is 23.8 Å². The van der Waals surface area contributed by atoms with Gasteiger partial charge in [0.15, 0.2) is 0 Å². The highest BCUT2D eigenvalue weighted by atomic mass is 16.2. The van der Waals surface area contributed by atoms with E-state index in [1.807, 2.05) is 29.2 Å². The van der Waals surface area contributed by atoms with Crippen LogP contribution in [0.4, 0.5) is 5.69 Å². The minimum Gasteiger partial charge on any atom is -0.371 e. The maximum Gasteiger partial charge on any atom is 0.225 e. The third kappa shape index (κ3) is 5.12. The molecule has 6 nitrogen and oxygen atoms in total. The Labute approximate surface area is 167 Å². The SMILES string of the molecule is CNC(=O)CC[C@H]1CCCN(C(=O)C2CCN(c3ccc(C=O)cc3)CC2)C1. The lowest BCUT2D eigenvalue weighted by Gasteiger charge is -2.38. The van der Waals surface area contributed by atoms with Crippen LogP contribution < -0.4 is 10.2 Å². The molecule has 6 heteroatoms. The van der Waals surface area contributed by atoms with E-state index in [9.17, 15) is 14.4 Å². The fourth-order valence-electron chi connectivity index (χ4n) is 4.37. The quantitative estimate of drug-likeness (QED) is 0.764. The van der Waals surface area contributed by atoms with Gasteiger partial charge in [0.1, 0.15) is 6.29 Å². The first-order valence-corrected chi connectivity index (χ1v) is 10.4. The van der Waals surface area contributed by atoms with Gasteiger partial charge in [-0.1, -0.05) is 0 Å². The maximum absolute atomic E-state index is 13.0. The number of nitrogens with one attached hydrogen (secondary N) is 1. The topological polar surface area (TPSA) is 69.7 Å². The second-order valence-electron chi connectivity index (χ2n) is 7.98. The highest BCUT2D eigenvalue weighted by Gasteiger charge is 2.31. The number of anilines is 1. The molecule has 2 aliphatic heterocycles. The monoisotopic (exact) mass is 385 g/mol. The molecule has 2 fully saturated rings. The lowest BCUT2D eigenvalue weighted by molar-refractivity contribution is -0.138. The normalized spacial score (nSPS) is 20.7. The number of hydrogen-bond acceptors (Lipinski definition) is 4. The van der Waals surface area contributed by atoms with Crippen LogP contribution in [0.25, 0.3) is 0 Å². The Morgan fingerprint density at radius 1 is 1.11 bits per heavy atom. The molecular weight excluding hydrogens is 354 g/mol. The number of piperidine rings is 2. The van der Waals surface area contributed by atoms with Crippen molar-refractivity contribution in [1.29, 1.82) is 0 Å². The van der Waals surface area contributed by atoms with Crippen LogP contribution in [0, 0.1) is 11.8 Å². The van der Waals surface area contributed by atoms with Crippen molar-refractivity contribution in [3.8, 4) is 0 Å². The van der Waals surface area contributed by atoms with Crippen LogP contribution in [0.15, 0.2) is 24.3 Å². The van der Waals surface area contributed by atoms with Gasteiger partial charge in [-0.05, 0) is 62.3 Å². The first-order valence-electron chi connectivity index (χ1n) is 10.4. The average molecular weight is 386 g/mol. The van der Waals surface area contributed by atoms with Crippen molar-refractivity contribution in [3.63, 3.8) is 0 Å². The minimum atomic E-state index is 0.0806. The Morgan fingerprint density at radius 2 is 1.82 bits per heavy atom. The third-order valence-corrected chi connectivity index (χ3v) is 6.13. The summed E-state index contributed by atoms with van der Waals surface area (Å²) in [7, 11) is 1.67. The molecule has 1 atom stereocenters. The van der Waals surface area contributed by atoms with Gasteiger partial charge in [-0.15, -0.1) is 0 Å². The number of amides is 2. The van der Waals surface area contributed by atoms with Crippen molar-refractivity contribution in [2.45, 2.75) is 38.5 Å². The van der Waals surface area contributed by atoms with Gasteiger partial charge in [-0.25, -0.2) is 0 Å². The summed E-state index contributed by atoms with van der Waals surface area (Å²) >= 11 is 0. The van der Waals surface area contributed by atoms with E-state index < -0.39 is 0 Å². The molecule has 2 amide bonds. The van der Waals surface area contributed by atoms with E-state index in [1.165, 1.54) is 0 Å². The predicted molar refractivity (Wildman–Crippen MR) is 109 cm³/mol. The molecule has 1 aromatic rings. The lowest BCUT2D eigenvalue weighted by atomic mass is 9.90. The summed E-state index contributed by atoms with van der Waals surface area (Å²) in [6.45, 7) is 3.38. The summed E-state index contributed by atoms with van der Waals surface area (Å²) in [5.74, 6) is 0.909. The fourth-order valence-corrected chi connectivity index (χ4v) is 4.37. The molecule has 2 heterocycles. The van der Waals surface area contributed by atoms with Gasteiger partial charge in [0.05, 0.1) is 0 Å². The molecule has 0 radical (unpaired) electrons. The lowest BCUT2D eigenvalue weighted by Crippen LogP contribution is -2.46. The van der Waals surface area contributed by atoms with Crippen molar-refractivity contribution in [2.75, 3.05) is 38.1 Å². The molecule has 28 heavy (non-hydrogen) atoms. The van der Waals surface area contributed by atoms with E-state index in [0.717, 1.165) is 70.3 Å². The Hall–Kier alpha value is -2.37. The number of hydrogen-bond donors (Lipinski definition) is 1. The average Bonchev–Trinajstić information content (AvgIpc) is 2.77. The molecule has 0 unspecified atom stereocenters. The number of carbonyl (C=O) groups excluding carboxylic acids is 3. The van der Waals surface area contributed by atoms with Crippen molar-refractivity contribution < 1.29 is 14.4 Å². The van der Waals surface area contributed by atoms with Gasteiger partial charge >= 0.3 is 0 Å². The van der Waals surface area contributed by atoms with Gasteiger partial charge in [0.2, 0.25) is 11.8 Å². The van der Waals surface area contributed by atoms with Gasteiger partial charge in [-0.2, -0.15) is 0 Å². The van der Waals surface area contributed by atoms with E-state index in [1.54, 1.807) is 7.05 Å². The molecule has 152 valence electrons. The van der Waals surface area contributed by atoms with E-state index in [4.69, 9.17) is 0 Å². The smallest absolute Gasteiger partial charge is 0.225 e. The molecule has 0 aromatic heterocycles. The third-order valence-electron chi connectivity index (χ3n) is 6.13. The predicted octanol–water partition coefficient (Wildman–Crippen LogP) is 2.48. The molecular formula is C22H31N3O3. The van der Waals surface area contributed by atoms with Gasteiger partial charge < -0.3 is 15.1 Å². The van der Waals surface area contributed by atoms with E-state index >= 15 is 0 Å². The number of likely N-dealkylation sites (tertiary alicyclic amines) is 1. The standard InChI is InChI=1S/C22H31N3O3/c1-23-21(27)9-6-17-3-2-12-25(15-17)22(28)19-10-13-24(14-11-19)20-7-4-18(16-26)5-8-20/h4-5,7-8,16-17,19H,2-3,6,9-15H2,1H3,(H,23,27)/t17-/m1/s1. The number of nitrogens with zero attached hydrogens (tertiary/aromatic N) is 2. The van der Waals surface area contributed by atoms with Gasteiger partial charge in [0.25, 0.3) is 0 Å². The van der Waals surface area contributed by atoms with E-state index in [2.05, 4.69) is 10.2 Å². The molecule has 2 saturated heterocycles. The first-order chi connectivity index (χ1) is 13.6. The molecule has 1 N–H and O–H groups in total. The molecule has 3 rings (SSSR count). The minimum absolute atomic E-state index is 0.0806. The zero-order chi connectivity index (χ0) is 19.9. The van der Waals surface area contributed by atoms with Crippen molar-refractivity contribution in [2.24, 2.45) is 11.8 Å². The zero-order valence-corrected chi connectivity index (χ0v) is 16.7. The van der Waals surface area contributed by atoms with Crippen LogP contribution in [0.5, 0.6) is 0 Å². The van der Waals surface area contributed by atoms with Crippen molar-refractivity contribution in [1.82, 2.24) is 10.2 Å². The van der Waals surface area contributed by atoms with Crippen LogP contribution >= 0.6 is 0 Å². The fraction of sp³-hybridized carbons (Fsp3) is 0.591. The van der Waals surface area contributed by atoms with Crippen LogP contribution in [-0.2, 0) is 9.59 Å². The molecule has 0 spiro atoms. The molecule has 0 aliphatic carbocycles. The maximum atomic E-state index is 13.0. The second-order valence-corrected chi connectivity index (χ2v) is 7.98. The van der Waals surface area contributed by atoms with Crippen molar-refractivity contribution >= 4 is 23.8 Å². The Bertz CT molecular complexity index is 681. The first kappa shape index (κ1) is 20.4. The van der Waals surface area contributed by atoms with Gasteiger partial charge in [-0.3, -0.25) is 14.4 Å². The Balaban J connectivity index is 1.48. The van der Waals surface area contributed by atoms with Gasteiger partial charge in [0, 0.05) is 56.8 Å². The summed E-state index contributed by atoms with van der Waals surface area (Å²) in [4.78, 5) is 39.6. The summed E-state index contributed by atoms with van der Waals surface area (Å²) < 4.78 is 0. The second kappa shape index (κ2) is 9.71. The van der Waals surface area contributed by atoms with Crippen LogP contribution in [-0.4, -0.2) is 56.2 Å². The number of carbonyl (C=O) groups is 3.